The second-order valence-electron chi connectivity index (χ2n) is 7.23. The Labute approximate surface area is 177 Å². The number of halogens is 1. The summed E-state index contributed by atoms with van der Waals surface area (Å²) in [6, 6.07) is 4.95. The minimum Gasteiger partial charge on any atom is -0.465 e. The van der Waals surface area contributed by atoms with Crippen LogP contribution in [0.2, 0.25) is 5.02 Å². The minimum atomic E-state index is -0.467. The number of esters is 1. The van der Waals surface area contributed by atoms with Gasteiger partial charge in [0.1, 0.15) is 18.0 Å². The van der Waals surface area contributed by atoms with Crippen molar-refractivity contribution >= 4 is 45.8 Å². The van der Waals surface area contributed by atoms with Gasteiger partial charge in [-0.05, 0) is 31.4 Å². The van der Waals surface area contributed by atoms with E-state index in [1.54, 1.807) is 18.2 Å². The number of ether oxygens (including phenoxy) is 1. The van der Waals surface area contributed by atoms with E-state index in [0.29, 0.717) is 51.4 Å². The van der Waals surface area contributed by atoms with Gasteiger partial charge in [-0.25, -0.2) is 14.8 Å². The van der Waals surface area contributed by atoms with Gasteiger partial charge >= 0.3 is 5.97 Å². The molecule has 0 amide bonds. The zero-order chi connectivity index (χ0) is 21.4. The molecule has 2 heterocycles. The molecule has 3 aromatic rings. The van der Waals surface area contributed by atoms with E-state index in [-0.39, 0.29) is 23.7 Å². The number of methoxy groups -OCH3 is 1. The first kappa shape index (κ1) is 20.1. The summed E-state index contributed by atoms with van der Waals surface area (Å²) in [5, 5.41) is 22.8. The standard InChI is InChI=1S/C20H21ClN6O3/c1-30-20(29)9-2-5-12-13(6-9)27-17(15(12)21)16(22)14-18(23)24-8-25-19(14)26-10-3-4-11(28)7-10/h2,5-6,8,10-11,22,27-28H,3-4,7H2,1H3,(H3,23,24,25,26). The number of aromatic nitrogens is 3. The summed E-state index contributed by atoms with van der Waals surface area (Å²) in [7, 11) is 1.31. The molecule has 2 unspecified atom stereocenters. The van der Waals surface area contributed by atoms with E-state index >= 15 is 0 Å². The third-order valence-corrected chi connectivity index (χ3v) is 5.67. The van der Waals surface area contributed by atoms with Crippen LogP contribution in [0.5, 0.6) is 0 Å². The summed E-state index contributed by atoms with van der Waals surface area (Å²) >= 11 is 6.54. The number of aliphatic hydroxyl groups excluding tert-OH is 1. The number of fused-ring (bicyclic) bond motifs is 1. The molecule has 6 N–H and O–H groups in total. The quantitative estimate of drug-likeness (QED) is 0.309. The Bertz CT molecular complexity index is 1150. The zero-order valence-electron chi connectivity index (χ0n) is 16.2. The molecule has 0 aliphatic heterocycles. The molecule has 30 heavy (non-hydrogen) atoms. The number of H-pyrrole nitrogens is 1. The highest BCUT2D eigenvalue weighted by atomic mass is 35.5. The topological polar surface area (TPSA) is 150 Å². The van der Waals surface area contributed by atoms with Crippen LogP contribution in [0, 0.1) is 5.41 Å². The van der Waals surface area contributed by atoms with E-state index < -0.39 is 5.97 Å². The fourth-order valence-electron chi connectivity index (χ4n) is 3.74. The summed E-state index contributed by atoms with van der Waals surface area (Å²) < 4.78 is 4.75. The Kier molecular flexibility index (Phi) is 5.31. The number of hydrogen-bond donors (Lipinski definition) is 5. The molecule has 2 aromatic heterocycles. The number of hydrogen-bond acceptors (Lipinski definition) is 8. The number of anilines is 2. The molecule has 0 spiro atoms. The fraction of sp³-hybridized carbons (Fsp3) is 0.300. The van der Waals surface area contributed by atoms with Crippen LogP contribution in [0.1, 0.15) is 40.9 Å². The monoisotopic (exact) mass is 428 g/mol. The molecule has 9 nitrogen and oxygen atoms in total. The minimum absolute atomic E-state index is 0.0231. The van der Waals surface area contributed by atoms with Crippen LogP contribution >= 0.6 is 11.6 Å². The summed E-state index contributed by atoms with van der Waals surface area (Å²) in [5.74, 6) is 0.0859. The van der Waals surface area contributed by atoms with Crippen LogP contribution < -0.4 is 11.1 Å². The van der Waals surface area contributed by atoms with E-state index in [0.717, 1.165) is 6.42 Å². The van der Waals surface area contributed by atoms with Crippen molar-refractivity contribution in [1.82, 2.24) is 15.0 Å². The van der Waals surface area contributed by atoms with Gasteiger partial charge in [-0.3, -0.25) is 5.41 Å². The predicted molar refractivity (Wildman–Crippen MR) is 114 cm³/mol. The number of carbonyl (C=O) groups excluding carboxylic acids is 1. The highest BCUT2D eigenvalue weighted by Crippen LogP contribution is 2.33. The Morgan fingerprint density at radius 2 is 2.20 bits per heavy atom. The maximum absolute atomic E-state index is 11.8. The number of nitrogens with two attached hydrogens (primary N) is 1. The van der Waals surface area contributed by atoms with Gasteiger partial charge < -0.3 is 25.9 Å². The van der Waals surface area contributed by atoms with Gasteiger partial charge in [0.15, 0.2) is 0 Å². The molecule has 1 aliphatic rings. The summed E-state index contributed by atoms with van der Waals surface area (Å²) in [6.45, 7) is 0. The van der Waals surface area contributed by atoms with Crippen LogP contribution in [-0.2, 0) is 4.74 Å². The van der Waals surface area contributed by atoms with E-state index in [1.165, 1.54) is 13.4 Å². The van der Waals surface area contributed by atoms with Crippen molar-refractivity contribution in [2.45, 2.75) is 31.4 Å². The highest BCUT2D eigenvalue weighted by Gasteiger charge is 2.26. The van der Waals surface area contributed by atoms with Crippen molar-refractivity contribution < 1.29 is 14.6 Å². The molecule has 156 valence electrons. The number of nitrogen functional groups attached to an aromatic ring is 1. The zero-order valence-corrected chi connectivity index (χ0v) is 17.0. The molecule has 0 radical (unpaired) electrons. The molecule has 1 saturated carbocycles. The molecule has 1 aliphatic carbocycles. The second kappa shape index (κ2) is 7.92. The van der Waals surface area contributed by atoms with Crippen LogP contribution in [-0.4, -0.2) is 51.0 Å². The van der Waals surface area contributed by atoms with Gasteiger partial charge in [0, 0.05) is 16.9 Å². The number of nitrogens with one attached hydrogen (secondary N) is 3. The number of nitrogens with zero attached hydrogens (tertiary/aromatic N) is 2. The molecule has 1 aromatic carbocycles. The Balaban J connectivity index is 1.73. The lowest BCUT2D eigenvalue weighted by molar-refractivity contribution is 0.0601. The molecule has 4 rings (SSSR count). The number of benzene rings is 1. The molecule has 10 heteroatoms. The van der Waals surface area contributed by atoms with E-state index in [9.17, 15) is 9.90 Å². The van der Waals surface area contributed by atoms with Gasteiger partial charge in [0.25, 0.3) is 0 Å². The normalized spacial score (nSPS) is 18.5. The lowest BCUT2D eigenvalue weighted by Crippen LogP contribution is -2.21. The number of aromatic amines is 1. The van der Waals surface area contributed by atoms with Crippen molar-refractivity contribution in [1.29, 1.82) is 5.41 Å². The predicted octanol–water partition coefficient (Wildman–Crippen LogP) is 2.72. The average molecular weight is 429 g/mol. The Morgan fingerprint density at radius 1 is 1.40 bits per heavy atom. The maximum atomic E-state index is 11.8. The third-order valence-electron chi connectivity index (χ3n) is 5.28. The smallest absolute Gasteiger partial charge is 0.337 e. The van der Waals surface area contributed by atoms with Gasteiger partial charge in [0.05, 0.1) is 40.8 Å². The molecule has 2 atom stereocenters. The maximum Gasteiger partial charge on any atom is 0.337 e. The number of carbonyl (C=O) groups is 1. The second-order valence-corrected chi connectivity index (χ2v) is 7.61. The van der Waals surface area contributed by atoms with Crippen LogP contribution in [0.25, 0.3) is 10.9 Å². The van der Waals surface area contributed by atoms with Gasteiger partial charge in [-0.1, -0.05) is 17.7 Å². The van der Waals surface area contributed by atoms with Gasteiger partial charge in [-0.2, -0.15) is 0 Å². The van der Waals surface area contributed by atoms with Gasteiger partial charge in [0.2, 0.25) is 0 Å². The Morgan fingerprint density at radius 3 is 2.90 bits per heavy atom. The van der Waals surface area contributed by atoms with E-state index in [2.05, 4.69) is 20.3 Å². The lowest BCUT2D eigenvalue weighted by atomic mass is 10.1. The summed E-state index contributed by atoms with van der Waals surface area (Å²) in [5.41, 5.74) is 7.72. The highest BCUT2D eigenvalue weighted by molar-refractivity contribution is 6.40. The first-order valence-corrected chi connectivity index (χ1v) is 9.80. The van der Waals surface area contributed by atoms with Crippen molar-refractivity contribution in [2.75, 3.05) is 18.2 Å². The first-order chi connectivity index (χ1) is 14.4. The van der Waals surface area contributed by atoms with E-state index in [1.807, 2.05) is 0 Å². The molecular formula is C20H21ClN6O3. The third kappa shape index (κ3) is 3.57. The van der Waals surface area contributed by atoms with Crippen LogP contribution in [0.15, 0.2) is 24.5 Å². The average Bonchev–Trinajstić information content (AvgIpc) is 3.29. The van der Waals surface area contributed by atoms with Crippen molar-refractivity contribution in [3.05, 3.63) is 46.4 Å². The van der Waals surface area contributed by atoms with Crippen LogP contribution in [0.4, 0.5) is 11.6 Å². The fourth-order valence-corrected chi connectivity index (χ4v) is 4.05. The largest absolute Gasteiger partial charge is 0.465 e. The number of rotatable bonds is 5. The molecule has 0 bridgehead atoms. The van der Waals surface area contributed by atoms with Crippen molar-refractivity contribution in [3.63, 3.8) is 0 Å². The van der Waals surface area contributed by atoms with Crippen molar-refractivity contribution in [3.8, 4) is 0 Å². The van der Waals surface area contributed by atoms with Gasteiger partial charge in [-0.15, -0.1) is 0 Å². The molecule has 0 saturated heterocycles. The Hall–Kier alpha value is -3.17. The number of aliphatic hydroxyl groups is 1. The SMILES string of the molecule is COC(=O)c1ccc2c(Cl)c(C(=N)c3c(N)ncnc3NC3CCC(O)C3)[nH]c2c1. The van der Waals surface area contributed by atoms with E-state index in [4.69, 9.17) is 27.5 Å². The van der Waals surface area contributed by atoms with Crippen LogP contribution in [0.3, 0.4) is 0 Å². The lowest BCUT2D eigenvalue weighted by Gasteiger charge is -2.17. The molecule has 1 fully saturated rings. The summed E-state index contributed by atoms with van der Waals surface area (Å²) in [4.78, 5) is 23.2. The van der Waals surface area contributed by atoms with Crippen molar-refractivity contribution in [2.24, 2.45) is 0 Å². The first-order valence-electron chi connectivity index (χ1n) is 9.43. The molecular weight excluding hydrogens is 408 g/mol. The summed E-state index contributed by atoms with van der Waals surface area (Å²) in [6.07, 6.45) is 3.08.